The van der Waals surface area contributed by atoms with E-state index in [0.29, 0.717) is 24.4 Å². The van der Waals surface area contributed by atoms with Crippen LogP contribution < -0.4 is 5.56 Å². The van der Waals surface area contributed by atoms with E-state index in [9.17, 15) is 9.18 Å². The van der Waals surface area contributed by atoms with E-state index in [0.717, 1.165) is 72.8 Å². The predicted octanol–water partition coefficient (Wildman–Crippen LogP) is 4.59. The van der Waals surface area contributed by atoms with Gasteiger partial charge < -0.3 is 9.47 Å². The molecule has 194 valence electrons. The highest BCUT2D eigenvalue weighted by atomic mass is 19.1. The molecule has 0 bridgehead atoms. The van der Waals surface area contributed by atoms with E-state index < -0.39 is 0 Å². The summed E-state index contributed by atoms with van der Waals surface area (Å²) in [6.45, 7) is 6.00. The highest BCUT2D eigenvalue weighted by Gasteiger charge is 2.23. The van der Waals surface area contributed by atoms with Crippen LogP contribution in [-0.4, -0.2) is 48.6 Å². The zero-order valence-electron chi connectivity index (χ0n) is 21.6. The summed E-state index contributed by atoms with van der Waals surface area (Å²) in [6, 6.07) is 18.1. The van der Waals surface area contributed by atoms with E-state index in [1.807, 2.05) is 55.5 Å². The lowest BCUT2D eigenvalue weighted by Gasteiger charge is -2.32. The molecule has 0 atom stereocenters. The maximum atomic E-state index is 13.4. The molecule has 4 heterocycles. The lowest BCUT2D eigenvalue weighted by Crippen LogP contribution is -2.38. The van der Waals surface area contributed by atoms with E-state index in [-0.39, 0.29) is 11.4 Å². The Bertz CT molecular complexity index is 1630. The van der Waals surface area contributed by atoms with Crippen molar-refractivity contribution in [1.29, 1.82) is 0 Å². The molecule has 0 unspecified atom stereocenters. The summed E-state index contributed by atoms with van der Waals surface area (Å²) in [6.07, 6.45) is 4.85. The molecule has 5 aromatic rings. The quantitative estimate of drug-likeness (QED) is 0.320. The summed E-state index contributed by atoms with van der Waals surface area (Å²) in [5, 5.41) is 0.676. The maximum absolute atomic E-state index is 13.4. The molecule has 1 fully saturated rings. The van der Waals surface area contributed by atoms with Gasteiger partial charge in [0.1, 0.15) is 23.0 Å². The summed E-state index contributed by atoms with van der Waals surface area (Å²) in [4.78, 5) is 29.6. The van der Waals surface area contributed by atoms with Crippen molar-refractivity contribution >= 4 is 22.1 Å². The van der Waals surface area contributed by atoms with Crippen molar-refractivity contribution in [2.75, 3.05) is 19.6 Å². The van der Waals surface area contributed by atoms with Crippen molar-refractivity contribution in [1.82, 2.24) is 29.0 Å². The molecule has 0 amide bonds. The number of aromatic nitrogens is 5. The number of pyridine rings is 1. The first-order valence-corrected chi connectivity index (χ1v) is 13.3. The summed E-state index contributed by atoms with van der Waals surface area (Å²) < 4.78 is 17.4. The minimum atomic E-state index is -0.230. The highest BCUT2D eigenvalue weighted by Crippen LogP contribution is 2.24. The normalized spacial score (nSPS) is 15.0. The van der Waals surface area contributed by atoms with Crippen LogP contribution in [0.25, 0.3) is 22.1 Å². The third-order valence-electron chi connectivity index (χ3n) is 7.71. The Morgan fingerprint density at radius 1 is 0.895 bits per heavy atom. The molecule has 2 aromatic carbocycles. The molecule has 8 heteroatoms. The molecule has 0 saturated carbocycles. The Labute approximate surface area is 220 Å². The van der Waals surface area contributed by atoms with Crippen LogP contribution in [0.5, 0.6) is 0 Å². The number of rotatable bonds is 7. The number of aryl methyl sites for hydroxylation is 1. The summed E-state index contributed by atoms with van der Waals surface area (Å²) in [7, 11) is 0. The standard InChI is InChI=1S/C30H31FN6O/c1-21-33-26-6-3-2-5-25(26)30(38)36(21)18-17-35-15-12-22(13-16-35)19-28-34-27-7-4-14-32-29(27)37(28)20-23-8-10-24(31)11-9-23/h2-11,14,22H,12-13,15-20H2,1H3. The lowest BCUT2D eigenvalue weighted by atomic mass is 9.93. The number of benzene rings is 2. The van der Waals surface area contributed by atoms with Gasteiger partial charge in [0.15, 0.2) is 5.65 Å². The second-order valence-electron chi connectivity index (χ2n) is 10.2. The molecule has 0 N–H and O–H groups in total. The Kier molecular flexibility index (Phi) is 6.72. The van der Waals surface area contributed by atoms with Gasteiger partial charge in [0.05, 0.1) is 17.4 Å². The predicted molar refractivity (Wildman–Crippen MR) is 147 cm³/mol. The molecular weight excluding hydrogens is 479 g/mol. The van der Waals surface area contributed by atoms with Crippen molar-refractivity contribution in [3.05, 3.63) is 100 Å². The number of nitrogens with zero attached hydrogens (tertiary/aromatic N) is 6. The molecule has 0 radical (unpaired) electrons. The van der Waals surface area contributed by atoms with Crippen molar-refractivity contribution < 1.29 is 4.39 Å². The van der Waals surface area contributed by atoms with Crippen molar-refractivity contribution in [2.24, 2.45) is 5.92 Å². The van der Waals surface area contributed by atoms with E-state index in [4.69, 9.17) is 4.98 Å². The van der Waals surface area contributed by atoms with Gasteiger partial charge in [-0.25, -0.2) is 19.3 Å². The number of imidazole rings is 1. The molecule has 0 spiro atoms. The summed E-state index contributed by atoms with van der Waals surface area (Å²) >= 11 is 0. The van der Waals surface area contributed by atoms with Gasteiger partial charge in [0, 0.05) is 25.7 Å². The molecule has 7 nitrogen and oxygen atoms in total. The van der Waals surface area contributed by atoms with Crippen LogP contribution in [0.15, 0.2) is 71.7 Å². The first kappa shape index (κ1) is 24.4. The van der Waals surface area contributed by atoms with Gasteiger partial charge in [0.2, 0.25) is 0 Å². The molecule has 1 saturated heterocycles. The average Bonchev–Trinajstić information content (AvgIpc) is 3.27. The number of piperidine rings is 1. The van der Waals surface area contributed by atoms with Gasteiger partial charge in [-0.3, -0.25) is 9.36 Å². The number of hydrogen-bond acceptors (Lipinski definition) is 5. The second kappa shape index (κ2) is 10.5. The van der Waals surface area contributed by atoms with Crippen LogP contribution in [0.2, 0.25) is 0 Å². The summed E-state index contributed by atoms with van der Waals surface area (Å²) in [5.41, 5.74) is 3.59. The van der Waals surface area contributed by atoms with Crippen LogP contribution in [0.1, 0.15) is 30.1 Å². The van der Waals surface area contributed by atoms with Gasteiger partial charge in [-0.2, -0.15) is 0 Å². The van der Waals surface area contributed by atoms with Gasteiger partial charge in [-0.05, 0) is 80.7 Å². The van der Waals surface area contributed by atoms with Crippen LogP contribution in [-0.2, 0) is 19.5 Å². The Hall–Kier alpha value is -3.91. The van der Waals surface area contributed by atoms with Gasteiger partial charge in [0.25, 0.3) is 5.56 Å². The number of halogens is 1. The molecular formula is C30H31FN6O. The summed E-state index contributed by atoms with van der Waals surface area (Å²) in [5.74, 6) is 2.09. The fraction of sp³-hybridized carbons (Fsp3) is 0.333. The van der Waals surface area contributed by atoms with Crippen LogP contribution >= 0.6 is 0 Å². The highest BCUT2D eigenvalue weighted by molar-refractivity contribution is 5.77. The fourth-order valence-corrected chi connectivity index (χ4v) is 5.56. The van der Waals surface area contributed by atoms with Crippen molar-refractivity contribution in [3.8, 4) is 0 Å². The smallest absolute Gasteiger partial charge is 0.261 e. The van der Waals surface area contributed by atoms with E-state index in [2.05, 4.69) is 19.4 Å². The molecule has 1 aliphatic rings. The molecule has 6 rings (SSSR count). The van der Waals surface area contributed by atoms with Gasteiger partial charge in [-0.15, -0.1) is 0 Å². The number of fused-ring (bicyclic) bond motifs is 2. The first-order valence-electron chi connectivity index (χ1n) is 13.3. The molecule has 1 aliphatic heterocycles. The van der Waals surface area contributed by atoms with Crippen LogP contribution in [0.3, 0.4) is 0 Å². The monoisotopic (exact) mass is 510 g/mol. The largest absolute Gasteiger partial charge is 0.308 e. The van der Waals surface area contributed by atoms with E-state index in [1.165, 1.54) is 12.1 Å². The van der Waals surface area contributed by atoms with Crippen LogP contribution in [0, 0.1) is 18.7 Å². The zero-order valence-corrected chi connectivity index (χ0v) is 21.6. The Morgan fingerprint density at radius 3 is 2.47 bits per heavy atom. The molecule has 38 heavy (non-hydrogen) atoms. The zero-order chi connectivity index (χ0) is 26.1. The first-order chi connectivity index (χ1) is 18.5. The van der Waals surface area contributed by atoms with E-state index in [1.54, 1.807) is 10.8 Å². The second-order valence-corrected chi connectivity index (χ2v) is 10.2. The Morgan fingerprint density at radius 2 is 1.66 bits per heavy atom. The molecule has 3 aromatic heterocycles. The number of likely N-dealkylation sites (tertiary alicyclic amines) is 1. The third kappa shape index (κ3) is 4.96. The van der Waals surface area contributed by atoms with Crippen LogP contribution in [0.4, 0.5) is 4.39 Å². The fourth-order valence-electron chi connectivity index (χ4n) is 5.56. The number of para-hydroxylation sites is 1. The van der Waals surface area contributed by atoms with Crippen molar-refractivity contribution in [2.45, 2.75) is 39.3 Å². The average molecular weight is 511 g/mol. The Balaban J connectivity index is 1.11. The minimum absolute atomic E-state index is 0.0386. The topological polar surface area (TPSA) is 68.8 Å². The maximum Gasteiger partial charge on any atom is 0.261 e. The van der Waals surface area contributed by atoms with Crippen molar-refractivity contribution in [3.63, 3.8) is 0 Å². The SMILES string of the molecule is Cc1nc2ccccc2c(=O)n1CCN1CCC(Cc2nc3cccnc3n2Cc2ccc(F)cc2)CC1. The number of hydrogen-bond donors (Lipinski definition) is 0. The third-order valence-corrected chi connectivity index (χ3v) is 7.71. The van der Waals surface area contributed by atoms with Gasteiger partial charge in [-0.1, -0.05) is 24.3 Å². The van der Waals surface area contributed by atoms with E-state index >= 15 is 0 Å². The minimum Gasteiger partial charge on any atom is -0.308 e. The molecule has 0 aliphatic carbocycles. The van der Waals surface area contributed by atoms with Gasteiger partial charge >= 0.3 is 0 Å². The lowest BCUT2D eigenvalue weighted by molar-refractivity contribution is 0.176.